The Morgan fingerprint density at radius 3 is 2.60 bits per heavy atom. The van der Waals surface area contributed by atoms with E-state index >= 15 is 0 Å². The Morgan fingerprint density at radius 1 is 1.60 bits per heavy atom. The van der Waals surface area contributed by atoms with Gasteiger partial charge in [0.25, 0.3) is 0 Å². The fourth-order valence-electron chi connectivity index (χ4n) is 0.875. The molecule has 0 aliphatic heterocycles. The molecule has 0 aliphatic rings. The van der Waals surface area contributed by atoms with E-state index in [1.54, 1.807) is 0 Å². The molecule has 2 N–H and O–H groups in total. The Kier molecular flexibility index (Phi) is 4.81. The topological polar surface area (TPSA) is 24.1 Å². The van der Waals surface area contributed by atoms with E-state index in [-0.39, 0.29) is 0 Å². The second-order valence-corrected chi connectivity index (χ2v) is 2.56. The Labute approximate surface area is 63.7 Å². The van der Waals surface area contributed by atoms with Gasteiger partial charge in [-0.15, -0.1) is 0 Å². The van der Waals surface area contributed by atoms with Crippen molar-refractivity contribution < 1.29 is 0 Å². The Morgan fingerprint density at radius 2 is 2.20 bits per heavy atom. The molecule has 0 radical (unpaired) electrons. The molecule has 2 heteroatoms. The summed E-state index contributed by atoms with van der Waals surface area (Å²) in [6, 6.07) is 0.532. The van der Waals surface area contributed by atoms with E-state index in [4.69, 9.17) is 0 Å². The van der Waals surface area contributed by atoms with E-state index in [9.17, 15) is 0 Å². The maximum atomic E-state index is 3.77. The summed E-state index contributed by atoms with van der Waals surface area (Å²) >= 11 is 0. The molecule has 60 valence electrons. The Bertz CT molecular complexity index is 99.4. The molecule has 1 atom stereocenters. The van der Waals surface area contributed by atoms with Crippen molar-refractivity contribution in [3.05, 3.63) is 12.4 Å². The molecule has 0 saturated heterocycles. The van der Waals surface area contributed by atoms with Gasteiger partial charge in [0, 0.05) is 13.1 Å². The van der Waals surface area contributed by atoms with Gasteiger partial charge >= 0.3 is 0 Å². The molecule has 0 spiro atoms. The van der Waals surface area contributed by atoms with Crippen molar-refractivity contribution in [2.75, 3.05) is 7.05 Å². The van der Waals surface area contributed by atoms with Gasteiger partial charge in [-0.1, -0.05) is 19.9 Å². The molecule has 0 aromatic rings. The predicted molar refractivity (Wildman–Crippen MR) is 45.7 cm³/mol. The van der Waals surface area contributed by atoms with Crippen molar-refractivity contribution in [1.82, 2.24) is 10.6 Å². The lowest BCUT2D eigenvalue weighted by molar-refractivity contribution is 0.543. The normalized spacial score (nSPS) is 12.3. The fraction of sp³-hybridized carbons (Fsp3) is 0.750. The zero-order valence-corrected chi connectivity index (χ0v) is 7.20. The average molecular weight is 142 g/mol. The molecule has 2 nitrogen and oxygen atoms in total. The zero-order chi connectivity index (χ0) is 7.98. The Hall–Kier alpha value is -0.660. The number of nitrogens with one attached hydrogen (secondary N) is 2. The molecule has 0 fully saturated rings. The molecule has 0 amide bonds. The lowest BCUT2D eigenvalue weighted by Gasteiger charge is -2.15. The van der Waals surface area contributed by atoms with Crippen LogP contribution in [0.5, 0.6) is 0 Å². The highest BCUT2D eigenvalue weighted by molar-refractivity contribution is 4.87. The minimum atomic E-state index is 0.532. The summed E-state index contributed by atoms with van der Waals surface area (Å²) in [6.07, 6.45) is 2.41. The summed E-state index contributed by atoms with van der Waals surface area (Å²) < 4.78 is 0. The van der Waals surface area contributed by atoms with Crippen LogP contribution in [0.1, 0.15) is 26.7 Å². The van der Waals surface area contributed by atoms with Crippen LogP contribution in [0.4, 0.5) is 0 Å². The van der Waals surface area contributed by atoms with Crippen LogP contribution in [-0.4, -0.2) is 13.1 Å². The number of rotatable bonds is 5. The van der Waals surface area contributed by atoms with Gasteiger partial charge in [0.15, 0.2) is 0 Å². The molecule has 0 heterocycles. The third kappa shape index (κ3) is 4.24. The molecule has 0 rings (SSSR count). The predicted octanol–water partition coefficient (Wildman–Crippen LogP) is 1.46. The minimum Gasteiger partial charge on any atom is -0.375 e. The second-order valence-electron chi connectivity index (χ2n) is 2.56. The van der Waals surface area contributed by atoms with Gasteiger partial charge < -0.3 is 10.6 Å². The van der Waals surface area contributed by atoms with E-state index in [2.05, 4.69) is 31.1 Å². The molecular weight excluding hydrogens is 124 g/mol. The van der Waals surface area contributed by atoms with Gasteiger partial charge in [0.05, 0.1) is 5.82 Å². The van der Waals surface area contributed by atoms with Crippen molar-refractivity contribution in [3.63, 3.8) is 0 Å². The minimum absolute atomic E-state index is 0.532. The molecule has 0 aromatic heterocycles. The van der Waals surface area contributed by atoms with Crippen LogP contribution < -0.4 is 10.6 Å². The SMILES string of the molecule is C=C(NC)NC(C)CCC. The maximum Gasteiger partial charge on any atom is 0.0911 e. The number of hydrogen-bond donors (Lipinski definition) is 2. The third-order valence-electron chi connectivity index (χ3n) is 1.44. The first-order valence-electron chi connectivity index (χ1n) is 3.83. The van der Waals surface area contributed by atoms with Crippen LogP contribution in [0.2, 0.25) is 0 Å². The highest BCUT2D eigenvalue weighted by atomic mass is 15.1. The van der Waals surface area contributed by atoms with E-state index in [0.29, 0.717) is 6.04 Å². The van der Waals surface area contributed by atoms with Crippen LogP contribution in [0.15, 0.2) is 12.4 Å². The van der Waals surface area contributed by atoms with E-state index in [1.807, 2.05) is 7.05 Å². The van der Waals surface area contributed by atoms with E-state index in [1.165, 1.54) is 12.8 Å². The summed E-state index contributed by atoms with van der Waals surface area (Å²) in [6.45, 7) is 8.11. The highest BCUT2D eigenvalue weighted by Crippen LogP contribution is 1.95. The molecule has 0 aliphatic carbocycles. The largest absolute Gasteiger partial charge is 0.375 e. The van der Waals surface area contributed by atoms with Crippen molar-refractivity contribution >= 4 is 0 Å². The molecule has 0 bridgehead atoms. The first kappa shape index (κ1) is 9.34. The fourth-order valence-corrected chi connectivity index (χ4v) is 0.875. The lowest BCUT2D eigenvalue weighted by atomic mass is 10.2. The lowest BCUT2D eigenvalue weighted by Crippen LogP contribution is -2.30. The first-order valence-corrected chi connectivity index (χ1v) is 3.83. The van der Waals surface area contributed by atoms with E-state index in [0.717, 1.165) is 5.82 Å². The standard InChI is InChI=1S/C8H18N2/c1-5-6-7(2)10-8(3)9-4/h7,9-10H,3,5-6H2,1-2,4H3. The average Bonchev–Trinajstić information content (AvgIpc) is 1.88. The van der Waals surface area contributed by atoms with Gasteiger partial charge in [-0.3, -0.25) is 0 Å². The van der Waals surface area contributed by atoms with Gasteiger partial charge in [-0.2, -0.15) is 0 Å². The van der Waals surface area contributed by atoms with Crippen LogP contribution in [0.25, 0.3) is 0 Å². The smallest absolute Gasteiger partial charge is 0.0911 e. The maximum absolute atomic E-state index is 3.77. The Balaban J connectivity index is 3.37. The van der Waals surface area contributed by atoms with Crippen molar-refractivity contribution in [2.24, 2.45) is 0 Å². The summed E-state index contributed by atoms with van der Waals surface area (Å²) in [4.78, 5) is 0. The van der Waals surface area contributed by atoms with Crippen molar-refractivity contribution in [2.45, 2.75) is 32.7 Å². The zero-order valence-electron chi connectivity index (χ0n) is 7.20. The first-order chi connectivity index (χ1) is 4.70. The number of hydrogen-bond acceptors (Lipinski definition) is 2. The third-order valence-corrected chi connectivity index (χ3v) is 1.44. The molecule has 0 aromatic carbocycles. The van der Waals surface area contributed by atoms with Gasteiger partial charge in [0.1, 0.15) is 0 Å². The van der Waals surface area contributed by atoms with E-state index < -0.39 is 0 Å². The van der Waals surface area contributed by atoms with Crippen LogP contribution in [-0.2, 0) is 0 Å². The van der Waals surface area contributed by atoms with Gasteiger partial charge in [-0.25, -0.2) is 0 Å². The quantitative estimate of drug-likeness (QED) is 0.607. The summed E-state index contributed by atoms with van der Waals surface area (Å²) in [5.41, 5.74) is 0. The molecule has 10 heavy (non-hydrogen) atoms. The monoisotopic (exact) mass is 142 g/mol. The molecule has 1 unspecified atom stereocenters. The van der Waals surface area contributed by atoms with Crippen LogP contribution in [0.3, 0.4) is 0 Å². The highest BCUT2D eigenvalue weighted by Gasteiger charge is 1.97. The van der Waals surface area contributed by atoms with Crippen LogP contribution in [0, 0.1) is 0 Å². The van der Waals surface area contributed by atoms with Gasteiger partial charge in [0.2, 0.25) is 0 Å². The summed E-state index contributed by atoms with van der Waals surface area (Å²) in [5.74, 6) is 0.904. The van der Waals surface area contributed by atoms with Crippen molar-refractivity contribution in [3.8, 4) is 0 Å². The van der Waals surface area contributed by atoms with Crippen LogP contribution >= 0.6 is 0 Å². The summed E-state index contributed by atoms with van der Waals surface area (Å²) in [5, 5.41) is 6.17. The molecule has 0 saturated carbocycles. The second kappa shape index (κ2) is 5.15. The van der Waals surface area contributed by atoms with Gasteiger partial charge in [-0.05, 0) is 13.3 Å². The molecular formula is C8H18N2. The van der Waals surface area contributed by atoms with Crippen molar-refractivity contribution in [1.29, 1.82) is 0 Å². The summed E-state index contributed by atoms with van der Waals surface area (Å²) in [7, 11) is 1.87.